The molecule has 2 aromatic carbocycles. The third-order valence-corrected chi connectivity index (χ3v) is 9.26. The minimum atomic E-state index is -5.33. The number of alkyl halides is 5. The van der Waals surface area contributed by atoms with Crippen molar-refractivity contribution in [1.82, 2.24) is 20.2 Å². The van der Waals surface area contributed by atoms with Gasteiger partial charge in [0.25, 0.3) is 5.92 Å². The molecule has 0 saturated carbocycles. The van der Waals surface area contributed by atoms with Crippen molar-refractivity contribution in [2.75, 3.05) is 50.5 Å². The molecule has 0 aliphatic carbocycles. The SMILES string of the molecule is CN1CCC(F)(F)[C@@](C)(COc2nc(N3C[C@H]4CC[C@@H](C3)N4)c3cc(F)c(-c4c(F)c(N)cc(Cl)c4C(F)(F)F)c(F)c3n2)C1. The lowest BCUT2D eigenvalue weighted by Gasteiger charge is -2.44. The fourth-order valence-electron chi connectivity index (χ4n) is 6.62. The average molecular weight is 665 g/mol. The lowest BCUT2D eigenvalue weighted by molar-refractivity contribution is -0.169. The molecule has 0 radical (unpaired) electrons. The second-order valence-electron chi connectivity index (χ2n) is 12.4. The van der Waals surface area contributed by atoms with Crippen LogP contribution >= 0.6 is 11.6 Å². The first-order chi connectivity index (χ1) is 21.0. The predicted octanol–water partition coefficient (Wildman–Crippen LogP) is 6.27. The minimum absolute atomic E-state index is 0.00227. The number of anilines is 2. The molecule has 16 heteroatoms. The van der Waals surface area contributed by atoms with Crippen LogP contribution in [0.2, 0.25) is 5.02 Å². The molecule has 1 aromatic heterocycles. The van der Waals surface area contributed by atoms with Crippen molar-refractivity contribution in [3.8, 4) is 17.1 Å². The Balaban J connectivity index is 1.54. The largest absolute Gasteiger partial charge is 0.463 e. The number of fused-ring (bicyclic) bond motifs is 3. The number of nitrogens with zero attached hydrogens (tertiary/aromatic N) is 4. The summed E-state index contributed by atoms with van der Waals surface area (Å²) >= 11 is 5.78. The van der Waals surface area contributed by atoms with Crippen molar-refractivity contribution in [2.45, 2.75) is 50.4 Å². The maximum absolute atomic E-state index is 16.4. The number of piperidine rings is 1. The summed E-state index contributed by atoms with van der Waals surface area (Å²) in [4.78, 5) is 11.8. The fourth-order valence-corrected chi connectivity index (χ4v) is 6.94. The third kappa shape index (κ3) is 5.50. The number of rotatable bonds is 5. The molecule has 244 valence electrons. The lowest BCUT2D eigenvalue weighted by atomic mass is 9.79. The molecule has 0 amide bonds. The Morgan fingerprint density at radius 2 is 1.73 bits per heavy atom. The highest BCUT2D eigenvalue weighted by Crippen LogP contribution is 2.48. The van der Waals surface area contributed by atoms with E-state index in [2.05, 4.69) is 15.3 Å². The second-order valence-corrected chi connectivity index (χ2v) is 12.8. The van der Waals surface area contributed by atoms with E-state index < -0.39 is 86.9 Å². The number of aromatic nitrogens is 2. The first-order valence-electron chi connectivity index (χ1n) is 14.2. The van der Waals surface area contributed by atoms with Crippen LogP contribution in [0.15, 0.2) is 12.1 Å². The van der Waals surface area contributed by atoms with Crippen LogP contribution < -0.4 is 20.7 Å². The van der Waals surface area contributed by atoms with Crippen LogP contribution in [0, 0.1) is 22.9 Å². The zero-order valence-electron chi connectivity index (χ0n) is 24.1. The van der Waals surface area contributed by atoms with Crippen molar-refractivity contribution in [3.63, 3.8) is 0 Å². The zero-order chi connectivity index (χ0) is 32.6. The Labute approximate surface area is 257 Å². The summed E-state index contributed by atoms with van der Waals surface area (Å²) in [6.45, 7) is 1.60. The summed E-state index contributed by atoms with van der Waals surface area (Å²) in [6.07, 6.45) is -4.09. The molecule has 6 rings (SSSR count). The summed E-state index contributed by atoms with van der Waals surface area (Å²) in [7, 11) is 1.68. The van der Waals surface area contributed by atoms with Gasteiger partial charge in [-0.15, -0.1) is 0 Å². The number of piperazine rings is 1. The Kier molecular flexibility index (Phi) is 7.75. The Morgan fingerprint density at radius 1 is 1.07 bits per heavy atom. The first-order valence-corrected chi connectivity index (χ1v) is 14.6. The van der Waals surface area contributed by atoms with Crippen molar-refractivity contribution in [3.05, 3.63) is 40.2 Å². The Bertz CT molecular complexity index is 1660. The highest BCUT2D eigenvalue weighted by molar-refractivity contribution is 6.32. The summed E-state index contributed by atoms with van der Waals surface area (Å²) in [5, 5.41) is 2.12. The highest BCUT2D eigenvalue weighted by Gasteiger charge is 2.54. The fraction of sp³-hybridized carbons (Fsp3) is 0.517. The van der Waals surface area contributed by atoms with Gasteiger partial charge in [-0.2, -0.15) is 23.1 Å². The standard InChI is InChI=1S/C29H29ClF8N6O/c1-27(11-43(2)6-5-28(27,34)35)12-45-26-41-24-15(25(42-26)44-9-13-3-4-14(10-44)40-13)7-17(31)19(23(24)33)20-21(29(36,37)38)16(30)8-18(39)22(20)32/h7-8,13-14,40H,3-6,9-12,39H2,1-2H3/t13-,14+,27-/m1/s1. The molecular weight excluding hydrogens is 636 g/mol. The van der Waals surface area contributed by atoms with E-state index in [0.29, 0.717) is 19.2 Å². The van der Waals surface area contributed by atoms with E-state index in [0.717, 1.165) is 18.9 Å². The van der Waals surface area contributed by atoms with E-state index in [9.17, 15) is 13.2 Å². The quantitative estimate of drug-likeness (QED) is 0.246. The second kappa shape index (κ2) is 11.0. The van der Waals surface area contributed by atoms with Gasteiger partial charge < -0.3 is 25.6 Å². The normalized spacial score (nSPS) is 25.3. The number of nitrogen functional groups attached to an aromatic ring is 1. The van der Waals surface area contributed by atoms with Crippen LogP contribution in [0.25, 0.3) is 22.0 Å². The third-order valence-electron chi connectivity index (χ3n) is 8.97. The van der Waals surface area contributed by atoms with Gasteiger partial charge >= 0.3 is 12.2 Å². The number of ether oxygens (including phenoxy) is 1. The van der Waals surface area contributed by atoms with E-state index in [-0.39, 0.29) is 36.4 Å². The molecule has 4 heterocycles. The van der Waals surface area contributed by atoms with Crippen LogP contribution in [0.5, 0.6) is 6.01 Å². The average Bonchev–Trinajstić information content (AvgIpc) is 3.28. The van der Waals surface area contributed by atoms with E-state index in [1.807, 2.05) is 0 Å². The summed E-state index contributed by atoms with van der Waals surface area (Å²) in [5.74, 6) is -8.06. The van der Waals surface area contributed by atoms with Crippen molar-refractivity contribution < 1.29 is 39.9 Å². The topological polar surface area (TPSA) is 79.5 Å². The van der Waals surface area contributed by atoms with Crippen molar-refractivity contribution in [2.24, 2.45) is 5.41 Å². The van der Waals surface area contributed by atoms with Gasteiger partial charge in [0, 0.05) is 55.6 Å². The number of hydrogen-bond donors (Lipinski definition) is 2. The van der Waals surface area contributed by atoms with Gasteiger partial charge in [-0.05, 0) is 38.9 Å². The molecule has 2 bridgehead atoms. The number of likely N-dealkylation sites (tertiary alicyclic amines) is 1. The molecule has 3 saturated heterocycles. The van der Waals surface area contributed by atoms with Crippen LogP contribution in [0.1, 0.15) is 31.7 Å². The molecule has 3 N–H and O–H groups in total. The highest BCUT2D eigenvalue weighted by atomic mass is 35.5. The Morgan fingerprint density at radius 3 is 2.38 bits per heavy atom. The summed E-state index contributed by atoms with van der Waals surface area (Å²) in [5.41, 5.74) is -2.47. The van der Waals surface area contributed by atoms with Gasteiger partial charge in [0.05, 0.1) is 27.3 Å². The number of nitrogens with two attached hydrogens (primary N) is 1. The van der Waals surface area contributed by atoms with Gasteiger partial charge in [0.2, 0.25) is 0 Å². The van der Waals surface area contributed by atoms with Crippen LogP contribution in [0.3, 0.4) is 0 Å². The van der Waals surface area contributed by atoms with Gasteiger partial charge in [-0.25, -0.2) is 22.0 Å². The van der Waals surface area contributed by atoms with Crippen LogP contribution in [0.4, 0.5) is 46.6 Å². The van der Waals surface area contributed by atoms with Gasteiger partial charge in [0.15, 0.2) is 11.6 Å². The van der Waals surface area contributed by atoms with Gasteiger partial charge in [-0.1, -0.05) is 11.6 Å². The smallest absolute Gasteiger partial charge is 0.418 e. The van der Waals surface area contributed by atoms with Crippen LogP contribution in [-0.4, -0.2) is 72.7 Å². The predicted molar refractivity (Wildman–Crippen MR) is 152 cm³/mol. The maximum atomic E-state index is 16.4. The van der Waals surface area contributed by atoms with E-state index >= 15 is 22.0 Å². The molecule has 3 aliphatic rings. The van der Waals surface area contributed by atoms with Gasteiger partial charge in [-0.3, -0.25) is 0 Å². The molecular formula is C29H29ClF8N6O. The molecule has 45 heavy (non-hydrogen) atoms. The number of benzene rings is 2. The first kappa shape index (κ1) is 31.8. The number of halogens is 9. The van der Waals surface area contributed by atoms with Crippen molar-refractivity contribution >= 4 is 34.0 Å². The van der Waals surface area contributed by atoms with Crippen molar-refractivity contribution in [1.29, 1.82) is 0 Å². The monoisotopic (exact) mass is 664 g/mol. The molecule has 3 fully saturated rings. The van der Waals surface area contributed by atoms with E-state index in [1.54, 1.807) is 16.8 Å². The lowest BCUT2D eigenvalue weighted by Crippen LogP contribution is -2.55. The zero-order valence-corrected chi connectivity index (χ0v) is 24.9. The Hall–Kier alpha value is -3.17. The number of hydrogen-bond acceptors (Lipinski definition) is 7. The maximum Gasteiger partial charge on any atom is 0.418 e. The molecule has 7 nitrogen and oxygen atoms in total. The van der Waals surface area contributed by atoms with Gasteiger partial charge in [0.1, 0.15) is 23.8 Å². The molecule has 3 atom stereocenters. The molecule has 0 unspecified atom stereocenters. The van der Waals surface area contributed by atoms with Crippen LogP contribution in [-0.2, 0) is 6.18 Å². The summed E-state index contributed by atoms with van der Waals surface area (Å²) in [6, 6.07) is 0.733. The van der Waals surface area contributed by atoms with E-state index in [4.69, 9.17) is 22.1 Å². The molecule has 0 spiro atoms. The molecule has 3 aromatic rings. The molecule has 3 aliphatic heterocycles. The summed E-state index contributed by atoms with van der Waals surface area (Å²) < 4.78 is 125. The van der Waals surface area contributed by atoms with E-state index in [1.165, 1.54) is 6.92 Å². The minimum Gasteiger partial charge on any atom is -0.463 e. The number of nitrogens with one attached hydrogen (secondary N) is 1.